The first-order valence-electron chi connectivity index (χ1n) is 9.71. The van der Waals surface area contributed by atoms with Crippen molar-refractivity contribution < 1.29 is 26.7 Å². The van der Waals surface area contributed by atoms with Crippen LogP contribution in [-0.2, 0) is 21.5 Å². The summed E-state index contributed by atoms with van der Waals surface area (Å²) in [4.78, 5) is 0. The van der Waals surface area contributed by atoms with Crippen LogP contribution in [0.15, 0.2) is 70.8 Å². The Labute approximate surface area is 167 Å². The van der Waals surface area contributed by atoms with E-state index in [1.807, 2.05) is 83.1 Å². The van der Waals surface area contributed by atoms with Crippen molar-refractivity contribution in [2.24, 2.45) is 0 Å². The second-order valence-corrected chi connectivity index (χ2v) is 14.6. The number of fused-ring (bicyclic) bond motifs is 3. The normalized spacial score (nSPS) is 18.9. The summed E-state index contributed by atoms with van der Waals surface area (Å²) in [5.41, 5.74) is 7.66. The second-order valence-electron chi connectivity index (χ2n) is 7.99. The Morgan fingerprint density at radius 1 is 0.778 bits per heavy atom. The van der Waals surface area contributed by atoms with Crippen LogP contribution in [0.1, 0.15) is 55.8 Å². The molecule has 0 saturated heterocycles. The molecular weight excluding hydrogens is 417 g/mol. The topological polar surface area (TPSA) is 0 Å². The average Bonchev–Trinajstić information content (AvgIpc) is 3.09. The summed E-state index contributed by atoms with van der Waals surface area (Å²) in [7, 11) is 0. The molecule has 0 N–H and O–H groups in total. The Hall–Kier alpha value is -1.34. The third-order valence-corrected chi connectivity index (χ3v) is 16.1. The van der Waals surface area contributed by atoms with Crippen molar-refractivity contribution in [3.8, 4) is 11.1 Å². The first-order valence-corrected chi connectivity index (χ1v) is 14.2. The number of benzene rings is 2. The van der Waals surface area contributed by atoms with Crippen LogP contribution < -0.4 is 0 Å². The Morgan fingerprint density at radius 2 is 1.19 bits per heavy atom. The first kappa shape index (κ1) is 19.0. The SMILES string of the molecule is CC[C]1([Zr]([F])([F])[CH]2c3ccccc3-c3ccccc32)C(C)=C(C)C(C)=C1C. The molecule has 2 aromatic rings. The number of allylic oxidation sites excluding steroid dienone is 4. The molecule has 0 bridgehead atoms. The van der Waals surface area contributed by atoms with Crippen molar-refractivity contribution in [2.45, 2.75) is 47.8 Å². The minimum absolute atomic E-state index is 0.489. The molecule has 0 unspecified atom stereocenters. The summed E-state index contributed by atoms with van der Waals surface area (Å²) in [6.45, 7) is 9.90. The quantitative estimate of drug-likeness (QED) is 0.452. The molecule has 2 aliphatic rings. The van der Waals surface area contributed by atoms with Gasteiger partial charge in [-0.1, -0.05) is 0 Å². The summed E-state index contributed by atoms with van der Waals surface area (Å²) in [5.74, 6) is 0. The second kappa shape index (κ2) is 6.34. The molecule has 0 spiro atoms. The molecular formula is C24H26F2Zr. The predicted molar refractivity (Wildman–Crippen MR) is 106 cm³/mol. The van der Waals surface area contributed by atoms with E-state index in [4.69, 9.17) is 0 Å². The fraction of sp³-hybridized carbons (Fsp3) is 0.333. The summed E-state index contributed by atoms with van der Waals surface area (Å²) >= 11 is -5.79. The van der Waals surface area contributed by atoms with E-state index in [0.29, 0.717) is 6.42 Å². The molecule has 27 heavy (non-hydrogen) atoms. The molecule has 140 valence electrons. The van der Waals surface area contributed by atoms with Gasteiger partial charge in [0.05, 0.1) is 0 Å². The van der Waals surface area contributed by atoms with Gasteiger partial charge in [-0.2, -0.15) is 0 Å². The Morgan fingerprint density at radius 3 is 1.59 bits per heavy atom. The standard InChI is InChI=1S/C13H9.C11H17.2FH.Zr/c1-3-7-12-10(5-1)9-11-6-2-4-8-13(11)12;1-6-11-9(4)7(2)8(3)10(11)5;;;/h1-9H;6H2,1-5H3;2*1H;/q;;;;+2/p-2. The molecule has 0 heterocycles. The van der Waals surface area contributed by atoms with E-state index in [1.54, 1.807) is 0 Å². The molecule has 4 rings (SSSR count). The van der Waals surface area contributed by atoms with E-state index in [1.165, 1.54) is 0 Å². The van der Waals surface area contributed by atoms with Gasteiger partial charge in [0.1, 0.15) is 0 Å². The van der Waals surface area contributed by atoms with Crippen molar-refractivity contribution in [3.05, 3.63) is 82.0 Å². The number of hydrogen-bond donors (Lipinski definition) is 0. The number of rotatable bonds is 3. The van der Waals surface area contributed by atoms with Gasteiger partial charge in [0.2, 0.25) is 0 Å². The zero-order valence-electron chi connectivity index (χ0n) is 16.7. The van der Waals surface area contributed by atoms with Crippen LogP contribution in [0.25, 0.3) is 11.1 Å². The zero-order valence-corrected chi connectivity index (χ0v) is 19.1. The van der Waals surface area contributed by atoms with Gasteiger partial charge in [-0.05, 0) is 0 Å². The molecule has 0 saturated carbocycles. The molecule has 0 fully saturated rings. The van der Waals surface area contributed by atoms with Gasteiger partial charge in [-0.25, -0.2) is 0 Å². The number of halogens is 2. The molecule has 0 amide bonds. The van der Waals surface area contributed by atoms with Gasteiger partial charge in [0.15, 0.2) is 0 Å². The zero-order chi connectivity index (χ0) is 19.6. The van der Waals surface area contributed by atoms with E-state index in [2.05, 4.69) is 0 Å². The van der Waals surface area contributed by atoms with Gasteiger partial charge in [-0.15, -0.1) is 0 Å². The molecule has 0 nitrogen and oxygen atoms in total. The van der Waals surface area contributed by atoms with Crippen molar-refractivity contribution >= 4 is 0 Å². The fourth-order valence-electron chi connectivity index (χ4n) is 5.54. The van der Waals surface area contributed by atoms with Crippen LogP contribution in [-0.4, -0.2) is 0 Å². The van der Waals surface area contributed by atoms with Crippen LogP contribution in [0, 0.1) is 0 Å². The molecule has 0 aromatic heterocycles. The van der Waals surface area contributed by atoms with Gasteiger partial charge in [0, 0.05) is 0 Å². The van der Waals surface area contributed by atoms with Gasteiger partial charge >= 0.3 is 168 Å². The predicted octanol–water partition coefficient (Wildman–Crippen LogP) is 7.93. The first-order chi connectivity index (χ1) is 12.8. The van der Waals surface area contributed by atoms with Crippen molar-refractivity contribution in [1.29, 1.82) is 0 Å². The summed E-state index contributed by atoms with van der Waals surface area (Å²) in [5, 5.41) is 0. The monoisotopic (exact) mass is 442 g/mol. The molecule has 3 heteroatoms. The Kier molecular flexibility index (Phi) is 4.46. The Bertz CT molecular complexity index is 927. The minimum atomic E-state index is -5.79. The van der Waals surface area contributed by atoms with E-state index in [9.17, 15) is 0 Å². The van der Waals surface area contributed by atoms with Crippen LogP contribution in [0.4, 0.5) is 5.25 Å². The summed E-state index contributed by atoms with van der Waals surface area (Å²) in [6.07, 6.45) is 0.489. The van der Waals surface area contributed by atoms with Crippen LogP contribution in [0.2, 0.25) is 3.12 Å². The maximum atomic E-state index is 16.8. The van der Waals surface area contributed by atoms with E-state index < -0.39 is 28.2 Å². The van der Waals surface area contributed by atoms with E-state index in [0.717, 1.165) is 44.5 Å². The van der Waals surface area contributed by atoms with E-state index in [-0.39, 0.29) is 0 Å². The fourth-order valence-corrected chi connectivity index (χ4v) is 14.4. The van der Waals surface area contributed by atoms with Crippen molar-refractivity contribution in [2.75, 3.05) is 0 Å². The average molecular weight is 444 g/mol. The molecule has 2 aromatic carbocycles. The van der Waals surface area contributed by atoms with Gasteiger partial charge in [-0.3, -0.25) is 0 Å². The Balaban J connectivity index is 2.01. The maximum absolute atomic E-state index is 16.8. The molecule has 2 aliphatic carbocycles. The summed E-state index contributed by atoms with van der Waals surface area (Å²) in [6, 6.07) is 15.6. The molecule has 0 radical (unpaired) electrons. The van der Waals surface area contributed by atoms with Crippen LogP contribution in [0.5, 0.6) is 0 Å². The number of hydrogen-bond acceptors (Lipinski definition) is 0. The summed E-state index contributed by atoms with van der Waals surface area (Å²) < 4.78 is 31.9. The third-order valence-electron chi connectivity index (χ3n) is 7.26. The van der Waals surface area contributed by atoms with Crippen LogP contribution in [0.3, 0.4) is 0 Å². The van der Waals surface area contributed by atoms with Crippen molar-refractivity contribution in [1.82, 2.24) is 0 Å². The van der Waals surface area contributed by atoms with E-state index >= 15 is 5.25 Å². The van der Waals surface area contributed by atoms with Gasteiger partial charge < -0.3 is 0 Å². The van der Waals surface area contributed by atoms with Crippen LogP contribution >= 0.6 is 0 Å². The van der Waals surface area contributed by atoms with Crippen molar-refractivity contribution in [3.63, 3.8) is 0 Å². The van der Waals surface area contributed by atoms with Gasteiger partial charge in [0.25, 0.3) is 0 Å². The third kappa shape index (κ3) is 2.27. The molecule has 0 aliphatic heterocycles. The molecule has 0 atom stereocenters.